The third-order valence-electron chi connectivity index (χ3n) is 4.80. The lowest BCUT2D eigenvalue weighted by atomic mass is 10.0. The Morgan fingerprint density at radius 1 is 0.862 bits per heavy atom. The molecule has 0 bridgehead atoms. The highest BCUT2D eigenvalue weighted by Crippen LogP contribution is 2.27. The third kappa shape index (κ3) is 3.77. The van der Waals surface area contributed by atoms with Crippen LogP contribution in [0.1, 0.15) is 26.3 Å². The Morgan fingerprint density at radius 3 is 2.10 bits per heavy atom. The number of imide groups is 1. The highest BCUT2D eigenvalue weighted by molar-refractivity contribution is 6.31. The average Bonchev–Trinajstić information content (AvgIpc) is 2.98. The smallest absolute Gasteiger partial charge is 0.262 e. The molecular weight excluding hydrogens is 388 g/mol. The molecule has 6 heteroatoms. The first-order valence-electron chi connectivity index (χ1n) is 9.12. The Hall–Kier alpha value is -3.44. The molecule has 5 nitrogen and oxygen atoms in total. The standard InChI is InChI=1S/C23H17ClN2O3/c24-16-9-6-10-17(14-16)25-21(27)20(13-15-7-2-1-3-8-15)26-22(28)18-11-4-5-12-19(18)23(26)29/h1-12,14,20H,13H2,(H,25,27)/t20-/m0/s1. The lowest BCUT2D eigenvalue weighted by Crippen LogP contribution is -2.48. The van der Waals surface area contributed by atoms with E-state index in [4.69, 9.17) is 11.6 Å². The van der Waals surface area contributed by atoms with Gasteiger partial charge >= 0.3 is 0 Å². The summed E-state index contributed by atoms with van der Waals surface area (Å²) in [5.74, 6) is -1.38. The Kier molecular flexibility index (Phi) is 5.14. The molecule has 29 heavy (non-hydrogen) atoms. The van der Waals surface area contributed by atoms with Crippen LogP contribution in [0.2, 0.25) is 5.02 Å². The van der Waals surface area contributed by atoms with Gasteiger partial charge in [0.1, 0.15) is 6.04 Å². The van der Waals surface area contributed by atoms with Gasteiger partial charge in [0.15, 0.2) is 0 Å². The second-order valence-electron chi connectivity index (χ2n) is 6.73. The van der Waals surface area contributed by atoms with Gasteiger partial charge in [0.2, 0.25) is 5.91 Å². The van der Waals surface area contributed by atoms with Gasteiger partial charge in [-0.15, -0.1) is 0 Å². The van der Waals surface area contributed by atoms with Crippen molar-refractivity contribution in [3.8, 4) is 0 Å². The first-order valence-corrected chi connectivity index (χ1v) is 9.49. The maximum atomic E-state index is 13.2. The van der Waals surface area contributed by atoms with Crippen molar-refractivity contribution in [2.24, 2.45) is 0 Å². The van der Waals surface area contributed by atoms with Crippen LogP contribution in [0.3, 0.4) is 0 Å². The van der Waals surface area contributed by atoms with E-state index in [1.165, 1.54) is 0 Å². The van der Waals surface area contributed by atoms with Crippen LogP contribution in [0, 0.1) is 0 Å². The maximum Gasteiger partial charge on any atom is 0.262 e. The van der Waals surface area contributed by atoms with Gasteiger partial charge in [-0.2, -0.15) is 0 Å². The minimum atomic E-state index is -0.996. The molecule has 0 unspecified atom stereocenters. The van der Waals surface area contributed by atoms with Gasteiger partial charge in [-0.3, -0.25) is 19.3 Å². The monoisotopic (exact) mass is 404 g/mol. The summed E-state index contributed by atoms with van der Waals surface area (Å²) >= 11 is 6.00. The van der Waals surface area contributed by atoms with E-state index in [0.29, 0.717) is 21.8 Å². The van der Waals surface area contributed by atoms with E-state index in [9.17, 15) is 14.4 Å². The molecule has 0 saturated heterocycles. The van der Waals surface area contributed by atoms with E-state index < -0.39 is 23.8 Å². The summed E-state index contributed by atoms with van der Waals surface area (Å²) in [4.78, 5) is 40.1. The van der Waals surface area contributed by atoms with Gasteiger partial charge in [0.25, 0.3) is 11.8 Å². The number of carbonyl (C=O) groups is 3. The number of anilines is 1. The summed E-state index contributed by atoms with van der Waals surface area (Å²) in [6.07, 6.45) is 0.207. The zero-order valence-corrected chi connectivity index (χ0v) is 16.1. The predicted octanol–water partition coefficient (Wildman–Crippen LogP) is 4.19. The predicted molar refractivity (Wildman–Crippen MR) is 111 cm³/mol. The highest BCUT2D eigenvalue weighted by Gasteiger charge is 2.42. The quantitative estimate of drug-likeness (QED) is 0.648. The number of carbonyl (C=O) groups excluding carboxylic acids is 3. The van der Waals surface area contributed by atoms with Crippen LogP contribution in [0.25, 0.3) is 0 Å². The van der Waals surface area contributed by atoms with Crippen LogP contribution < -0.4 is 5.32 Å². The van der Waals surface area contributed by atoms with Gasteiger partial charge in [-0.1, -0.05) is 60.1 Å². The van der Waals surface area contributed by atoms with Crippen molar-refractivity contribution < 1.29 is 14.4 Å². The number of hydrogen-bond donors (Lipinski definition) is 1. The minimum Gasteiger partial charge on any atom is -0.324 e. The molecule has 4 rings (SSSR count). The van der Waals surface area contributed by atoms with E-state index in [1.807, 2.05) is 30.3 Å². The molecule has 0 saturated carbocycles. The molecule has 0 fully saturated rings. The molecule has 3 amide bonds. The second-order valence-corrected chi connectivity index (χ2v) is 7.17. The topological polar surface area (TPSA) is 66.5 Å². The number of nitrogens with zero attached hydrogens (tertiary/aromatic N) is 1. The van der Waals surface area contributed by atoms with E-state index in [-0.39, 0.29) is 6.42 Å². The van der Waals surface area contributed by atoms with Crippen LogP contribution in [-0.2, 0) is 11.2 Å². The molecular formula is C23H17ClN2O3. The van der Waals surface area contributed by atoms with Crippen LogP contribution in [0.4, 0.5) is 5.69 Å². The Morgan fingerprint density at radius 2 is 1.48 bits per heavy atom. The summed E-state index contributed by atoms with van der Waals surface area (Å²) < 4.78 is 0. The van der Waals surface area contributed by atoms with Gasteiger partial charge in [-0.25, -0.2) is 0 Å². The number of halogens is 1. The van der Waals surface area contributed by atoms with Crippen LogP contribution in [0.5, 0.6) is 0 Å². The fourth-order valence-corrected chi connectivity index (χ4v) is 3.61. The summed E-state index contributed by atoms with van der Waals surface area (Å²) in [6.45, 7) is 0. The van der Waals surface area contributed by atoms with E-state index in [2.05, 4.69) is 5.32 Å². The van der Waals surface area contributed by atoms with Crippen LogP contribution >= 0.6 is 11.6 Å². The molecule has 0 radical (unpaired) electrons. The number of nitrogens with one attached hydrogen (secondary N) is 1. The number of amides is 3. The van der Waals surface area contributed by atoms with Crippen molar-refractivity contribution in [3.63, 3.8) is 0 Å². The van der Waals surface area contributed by atoms with Gasteiger partial charge in [0, 0.05) is 17.1 Å². The Balaban J connectivity index is 1.68. The van der Waals surface area contributed by atoms with Crippen molar-refractivity contribution >= 4 is 35.0 Å². The largest absolute Gasteiger partial charge is 0.324 e. The van der Waals surface area contributed by atoms with Crippen molar-refractivity contribution in [1.29, 1.82) is 0 Å². The van der Waals surface area contributed by atoms with Crippen molar-refractivity contribution in [3.05, 3.63) is 101 Å². The molecule has 1 atom stereocenters. The maximum absolute atomic E-state index is 13.2. The fraction of sp³-hybridized carbons (Fsp3) is 0.0870. The number of rotatable bonds is 5. The zero-order chi connectivity index (χ0) is 20.4. The summed E-state index contributed by atoms with van der Waals surface area (Å²) in [6, 6.07) is 21.6. The molecule has 1 heterocycles. The van der Waals surface area contributed by atoms with Crippen LogP contribution in [-0.4, -0.2) is 28.7 Å². The SMILES string of the molecule is O=C(Nc1cccc(Cl)c1)[C@H](Cc1ccccc1)N1C(=O)c2ccccc2C1=O. The zero-order valence-electron chi connectivity index (χ0n) is 15.3. The Bertz CT molecular complexity index is 1060. The van der Waals surface area contributed by atoms with E-state index in [1.54, 1.807) is 48.5 Å². The van der Waals surface area contributed by atoms with Crippen LogP contribution in [0.15, 0.2) is 78.9 Å². The number of hydrogen-bond acceptors (Lipinski definition) is 3. The van der Waals surface area contributed by atoms with Crippen molar-refractivity contribution in [2.45, 2.75) is 12.5 Å². The molecule has 1 aliphatic heterocycles. The number of benzene rings is 3. The van der Waals surface area contributed by atoms with Gasteiger partial charge in [-0.05, 0) is 35.9 Å². The molecule has 1 N–H and O–H groups in total. The van der Waals surface area contributed by atoms with Gasteiger partial charge in [0.05, 0.1) is 11.1 Å². The first kappa shape index (κ1) is 18.9. The summed E-state index contributed by atoms with van der Waals surface area (Å²) in [5, 5.41) is 3.25. The molecule has 1 aliphatic rings. The van der Waals surface area contributed by atoms with Gasteiger partial charge < -0.3 is 5.32 Å². The second kappa shape index (κ2) is 7.89. The summed E-state index contributed by atoms with van der Waals surface area (Å²) in [5.41, 5.74) is 1.96. The third-order valence-corrected chi connectivity index (χ3v) is 5.04. The normalized spacial score (nSPS) is 13.9. The lowest BCUT2D eigenvalue weighted by Gasteiger charge is -2.25. The van der Waals surface area contributed by atoms with E-state index >= 15 is 0 Å². The lowest BCUT2D eigenvalue weighted by molar-refractivity contribution is -0.119. The summed E-state index contributed by atoms with van der Waals surface area (Å²) in [7, 11) is 0. The van der Waals surface area contributed by atoms with Crippen molar-refractivity contribution in [2.75, 3.05) is 5.32 Å². The number of fused-ring (bicyclic) bond motifs is 1. The molecule has 0 spiro atoms. The first-order chi connectivity index (χ1) is 14.0. The fourth-order valence-electron chi connectivity index (χ4n) is 3.42. The molecule has 3 aromatic carbocycles. The molecule has 0 aromatic heterocycles. The molecule has 0 aliphatic carbocycles. The van der Waals surface area contributed by atoms with E-state index in [0.717, 1.165) is 10.5 Å². The Labute approximate surface area is 172 Å². The molecule has 3 aromatic rings. The van der Waals surface area contributed by atoms with Crippen molar-refractivity contribution in [1.82, 2.24) is 4.90 Å². The average molecular weight is 405 g/mol. The molecule has 144 valence electrons. The minimum absolute atomic E-state index is 0.207. The highest BCUT2D eigenvalue weighted by atomic mass is 35.5.